The molecule has 0 aliphatic heterocycles. The van der Waals surface area contributed by atoms with Crippen molar-refractivity contribution in [2.75, 3.05) is 14.2 Å². The predicted octanol–water partition coefficient (Wildman–Crippen LogP) is 2.87. The lowest BCUT2D eigenvalue weighted by Crippen LogP contribution is -2.14. The van der Waals surface area contributed by atoms with Gasteiger partial charge in [-0.15, -0.1) is 0 Å². The Morgan fingerprint density at radius 3 is 2.24 bits per heavy atom. The van der Waals surface area contributed by atoms with Crippen LogP contribution in [0.25, 0.3) is 0 Å². The zero-order valence-corrected chi connectivity index (χ0v) is 13.0. The number of unbranched alkanes of at least 4 members (excludes halogenated alkanes) is 1. The van der Waals surface area contributed by atoms with Gasteiger partial charge in [-0.05, 0) is 36.5 Å². The van der Waals surface area contributed by atoms with Crippen LogP contribution in [0, 0.1) is 0 Å². The number of carbonyl (C=O) groups is 2. The summed E-state index contributed by atoms with van der Waals surface area (Å²) in [6.45, 7) is 3.83. The van der Waals surface area contributed by atoms with Gasteiger partial charge in [0.25, 0.3) is 0 Å². The maximum absolute atomic E-state index is 12.0. The van der Waals surface area contributed by atoms with Crippen LogP contribution in [-0.2, 0) is 22.3 Å². The van der Waals surface area contributed by atoms with Crippen LogP contribution in [0.2, 0.25) is 0 Å². The summed E-state index contributed by atoms with van der Waals surface area (Å²) in [7, 11) is 2.54. The lowest BCUT2D eigenvalue weighted by atomic mass is 9.92. The maximum atomic E-state index is 12.0. The molecule has 0 aliphatic rings. The summed E-state index contributed by atoms with van der Waals surface area (Å²) < 4.78 is 9.51. The molecule has 5 heteroatoms. The Bertz CT molecular complexity index is 534. The van der Waals surface area contributed by atoms with Gasteiger partial charge in [0.2, 0.25) is 0 Å². The lowest BCUT2D eigenvalue weighted by Gasteiger charge is -2.16. The third-order valence-corrected chi connectivity index (χ3v) is 3.43. The third kappa shape index (κ3) is 3.54. The van der Waals surface area contributed by atoms with E-state index in [2.05, 4.69) is 0 Å². The van der Waals surface area contributed by atoms with Gasteiger partial charge in [0, 0.05) is 0 Å². The summed E-state index contributed by atoms with van der Waals surface area (Å²) in [5, 5.41) is 10.4. The molecule has 0 amide bonds. The van der Waals surface area contributed by atoms with Crippen LogP contribution in [0.5, 0.6) is 5.75 Å². The molecule has 0 unspecified atom stereocenters. The van der Waals surface area contributed by atoms with E-state index in [9.17, 15) is 14.7 Å². The molecule has 0 radical (unpaired) electrons. The number of benzene rings is 1. The molecule has 0 aromatic heterocycles. The largest absolute Gasteiger partial charge is 0.507 e. The Labute approximate surface area is 124 Å². The number of esters is 2. The molecule has 1 aromatic carbocycles. The van der Waals surface area contributed by atoms with Crippen molar-refractivity contribution in [1.29, 1.82) is 0 Å². The number of phenolic OH excluding ortho intramolecular Hbond substituents is 1. The van der Waals surface area contributed by atoms with Crippen LogP contribution >= 0.6 is 0 Å². The molecule has 0 spiro atoms. The third-order valence-electron chi connectivity index (χ3n) is 3.43. The van der Waals surface area contributed by atoms with Gasteiger partial charge in [-0.1, -0.05) is 20.3 Å². The van der Waals surface area contributed by atoms with E-state index in [-0.39, 0.29) is 11.3 Å². The van der Waals surface area contributed by atoms with E-state index < -0.39 is 11.9 Å². The van der Waals surface area contributed by atoms with Crippen molar-refractivity contribution in [3.8, 4) is 5.75 Å². The van der Waals surface area contributed by atoms with Crippen molar-refractivity contribution in [1.82, 2.24) is 0 Å². The second-order valence-corrected chi connectivity index (χ2v) is 4.73. The first kappa shape index (κ1) is 17.0. The van der Waals surface area contributed by atoms with Crippen LogP contribution in [0.15, 0.2) is 6.07 Å². The predicted molar refractivity (Wildman–Crippen MR) is 78.8 cm³/mol. The maximum Gasteiger partial charge on any atom is 0.341 e. The molecule has 0 saturated heterocycles. The van der Waals surface area contributed by atoms with Gasteiger partial charge in [0.1, 0.15) is 11.3 Å². The quantitative estimate of drug-likeness (QED) is 0.817. The highest BCUT2D eigenvalue weighted by atomic mass is 16.5. The number of methoxy groups -OCH3 is 2. The van der Waals surface area contributed by atoms with Gasteiger partial charge in [-0.2, -0.15) is 0 Å². The van der Waals surface area contributed by atoms with Gasteiger partial charge >= 0.3 is 11.9 Å². The van der Waals surface area contributed by atoms with E-state index in [1.54, 1.807) is 13.0 Å². The van der Waals surface area contributed by atoms with Crippen molar-refractivity contribution in [3.63, 3.8) is 0 Å². The first-order valence-electron chi connectivity index (χ1n) is 7.06. The van der Waals surface area contributed by atoms with E-state index in [4.69, 9.17) is 9.47 Å². The van der Waals surface area contributed by atoms with E-state index in [1.807, 2.05) is 6.92 Å². The van der Waals surface area contributed by atoms with E-state index >= 15 is 0 Å². The van der Waals surface area contributed by atoms with Gasteiger partial charge in [-0.25, -0.2) is 9.59 Å². The highest BCUT2D eigenvalue weighted by molar-refractivity contribution is 6.00. The molecule has 116 valence electrons. The van der Waals surface area contributed by atoms with Gasteiger partial charge < -0.3 is 14.6 Å². The minimum absolute atomic E-state index is 0.0639. The number of rotatable bonds is 6. The van der Waals surface area contributed by atoms with Crippen molar-refractivity contribution < 1.29 is 24.2 Å². The number of aromatic hydroxyl groups is 1. The topological polar surface area (TPSA) is 72.8 Å². The molecule has 1 N–H and O–H groups in total. The monoisotopic (exact) mass is 294 g/mol. The molecule has 0 aliphatic carbocycles. The van der Waals surface area contributed by atoms with Gasteiger partial charge in [0.05, 0.1) is 19.8 Å². The molecule has 1 rings (SSSR count). The Kier molecular flexibility index (Phi) is 6.21. The Morgan fingerprint density at radius 2 is 1.76 bits per heavy atom. The first-order chi connectivity index (χ1) is 10.0. The van der Waals surface area contributed by atoms with Crippen LogP contribution in [0.1, 0.15) is 58.5 Å². The summed E-state index contributed by atoms with van der Waals surface area (Å²) >= 11 is 0. The van der Waals surface area contributed by atoms with E-state index in [0.717, 1.165) is 12.8 Å². The molecular formula is C16H22O5. The molecule has 0 saturated carbocycles. The number of phenols is 1. The number of hydrogen-bond donors (Lipinski definition) is 1. The molecule has 0 heterocycles. The van der Waals surface area contributed by atoms with Crippen molar-refractivity contribution in [2.45, 2.75) is 39.5 Å². The SMILES string of the molecule is CCCCc1cc(C(=O)OC)c(CC)c(C(=O)OC)c1O. The molecule has 0 atom stereocenters. The smallest absolute Gasteiger partial charge is 0.341 e. The van der Waals surface area contributed by atoms with Crippen LogP contribution in [-0.4, -0.2) is 31.3 Å². The van der Waals surface area contributed by atoms with Crippen molar-refractivity contribution >= 4 is 11.9 Å². The molecule has 1 aromatic rings. The summed E-state index contributed by atoms with van der Waals surface area (Å²) in [5.74, 6) is -1.26. The summed E-state index contributed by atoms with van der Waals surface area (Å²) in [6, 6.07) is 1.61. The molecule has 21 heavy (non-hydrogen) atoms. The van der Waals surface area contributed by atoms with E-state index in [1.165, 1.54) is 14.2 Å². The summed E-state index contributed by atoms with van der Waals surface area (Å²) in [4.78, 5) is 23.9. The van der Waals surface area contributed by atoms with E-state index in [0.29, 0.717) is 29.5 Å². The highest BCUT2D eigenvalue weighted by Crippen LogP contribution is 2.32. The van der Waals surface area contributed by atoms with Crippen LogP contribution in [0.3, 0.4) is 0 Å². The lowest BCUT2D eigenvalue weighted by molar-refractivity contribution is 0.0594. The molecular weight excluding hydrogens is 272 g/mol. The standard InChI is InChI=1S/C16H22O5/c1-5-7-8-10-9-12(15(18)20-3)11(6-2)13(14(10)17)16(19)21-4/h9,17H,5-8H2,1-4H3. The zero-order valence-electron chi connectivity index (χ0n) is 13.0. The first-order valence-corrected chi connectivity index (χ1v) is 7.06. The summed E-state index contributed by atoms with van der Waals surface area (Å²) in [5.41, 5.74) is 1.39. The van der Waals surface area contributed by atoms with Gasteiger partial charge in [0.15, 0.2) is 0 Å². The Balaban J connectivity index is 3.56. The minimum atomic E-state index is -0.646. The average molecular weight is 294 g/mol. The Hall–Kier alpha value is -2.04. The summed E-state index contributed by atoms with van der Waals surface area (Å²) in [6.07, 6.45) is 2.78. The average Bonchev–Trinajstić information content (AvgIpc) is 2.51. The van der Waals surface area contributed by atoms with Crippen LogP contribution in [0.4, 0.5) is 0 Å². The number of hydrogen-bond acceptors (Lipinski definition) is 5. The molecule has 0 bridgehead atoms. The molecule has 5 nitrogen and oxygen atoms in total. The highest BCUT2D eigenvalue weighted by Gasteiger charge is 2.25. The fraction of sp³-hybridized carbons (Fsp3) is 0.500. The number of ether oxygens (including phenoxy) is 2. The zero-order chi connectivity index (χ0) is 16.0. The van der Waals surface area contributed by atoms with Gasteiger partial charge in [-0.3, -0.25) is 0 Å². The second-order valence-electron chi connectivity index (χ2n) is 4.73. The second kappa shape index (κ2) is 7.67. The normalized spacial score (nSPS) is 10.3. The van der Waals surface area contributed by atoms with Crippen molar-refractivity contribution in [2.24, 2.45) is 0 Å². The minimum Gasteiger partial charge on any atom is -0.507 e. The molecule has 0 fully saturated rings. The number of carbonyl (C=O) groups excluding carboxylic acids is 2. The fourth-order valence-electron chi connectivity index (χ4n) is 2.31. The van der Waals surface area contributed by atoms with Crippen LogP contribution < -0.4 is 0 Å². The fourth-order valence-corrected chi connectivity index (χ4v) is 2.31. The Morgan fingerprint density at radius 1 is 1.14 bits per heavy atom. The van der Waals surface area contributed by atoms with Crippen molar-refractivity contribution in [3.05, 3.63) is 28.3 Å². The number of aryl methyl sites for hydroxylation is 1.